The van der Waals surface area contributed by atoms with Crippen LogP contribution < -0.4 is 10.2 Å². The standard InChI is InChI=1S/C17H24N4O/c1-12(2)13(3)20-17(22)15-6-8-21(9-7-15)16-5-4-14(10-18)11-19-16/h4-5,11-13,15H,6-9H2,1-3H3,(H,20,22). The molecule has 2 heterocycles. The van der Waals surface area contributed by atoms with E-state index in [1.54, 1.807) is 12.3 Å². The number of nitrogens with one attached hydrogen (secondary N) is 1. The molecule has 2 rings (SSSR count). The van der Waals surface area contributed by atoms with Gasteiger partial charge in [0.05, 0.1) is 5.56 Å². The Hall–Kier alpha value is -2.09. The van der Waals surface area contributed by atoms with E-state index in [2.05, 4.69) is 42.0 Å². The van der Waals surface area contributed by atoms with Crippen LogP contribution in [0.3, 0.4) is 0 Å². The minimum absolute atomic E-state index is 0.0934. The van der Waals surface area contributed by atoms with Crippen molar-refractivity contribution < 1.29 is 4.79 Å². The van der Waals surface area contributed by atoms with Crippen molar-refractivity contribution in [2.75, 3.05) is 18.0 Å². The molecule has 1 aromatic heterocycles. The maximum absolute atomic E-state index is 12.3. The lowest BCUT2D eigenvalue weighted by Gasteiger charge is -2.33. The molecule has 1 unspecified atom stereocenters. The van der Waals surface area contributed by atoms with Crippen molar-refractivity contribution in [2.24, 2.45) is 11.8 Å². The Morgan fingerprint density at radius 1 is 1.36 bits per heavy atom. The van der Waals surface area contributed by atoms with Crippen molar-refractivity contribution in [1.29, 1.82) is 5.26 Å². The molecule has 5 nitrogen and oxygen atoms in total. The number of hydrogen-bond donors (Lipinski definition) is 1. The van der Waals surface area contributed by atoms with Gasteiger partial charge in [0, 0.05) is 31.2 Å². The smallest absolute Gasteiger partial charge is 0.223 e. The van der Waals surface area contributed by atoms with E-state index in [0.717, 1.165) is 31.7 Å². The molecule has 0 saturated carbocycles. The summed E-state index contributed by atoms with van der Waals surface area (Å²) in [5.41, 5.74) is 0.570. The second-order valence-corrected chi connectivity index (χ2v) is 6.32. The number of carbonyl (C=O) groups is 1. The molecule has 118 valence electrons. The highest BCUT2D eigenvalue weighted by molar-refractivity contribution is 5.79. The van der Waals surface area contributed by atoms with E-state index in [1.807, 2.05) is 6.07 Å². The van der Waals surface area contributed by atoms with Gasteiger partial charge in [0.25, 0.3) is 0 Å². The summed E-state index contributed by atoms with van der Waals surface area (Å²) in [6.45, 7) is 7.94. The lowest BCUT2D eigenvalue weighted by Crippen LogP contribution is -2.44. The lowest BCUT2D eigenvalue weighted by atomic mass is 9.95. The average molecular weight is 300 g/mol. The minimum atomic E-state index is 0.0934. The SMILES string of the molecule is CC(C)C(C)NC(=O)C1CCN(c2ccc(C#N)cn2)CC1. The quantitative estimate of drug-likeness (QED) is 0.926. The summed E-state index contributed by atoms with van der Waals surface area (Å²) in [6, 6.07) is 5.94. The molecule has 0 aliphatic carbocycles. The highest BCUT2D eigenvalue weighted by Gasteiger charge is 2.26. The van der Waals surface area contributed by atoms with Crippen LogP contribution in [0.15, 0.2) is 18.3 Å². The van der Waals surface area contributed by atoms with E-state index in [0.29, 0.717) is 11.5 Å². The van der Waals surface area contributed by atoms with E-state index in [-0.39, 0.29) is 17.9 Å². The summed E-state index contributed by atoms with van der Waals surface area (Å²) in [5, 5.41) is 11.9. The number of nitrogens with zero attached hydrogens (tertiary/aromatic N) is 3. The molecule has 0 bridgehead atoms. The van der Waals surface area contributed by atoms with Crippen LogP contribution in [-0.4, -0.2) is 30.0 Å². The van der Waals surface area contributed by atoms with Crippen LogP contribution in [0.4, 0.5) is 5.82 Å². The molecule has 1 N–H and O–H groups in total. The van der Waals surface area contributed by atoms with Crippen molar-refractivity contribution in [3.63, 3.8) is 0 Å². The van der Waals surface area contributed by atoms with E-state index >= 15 is 0 Å². The third-order valence-corrected chi connectivity index (χ3v) is 4.44. The fraction of sp³-hybridized carbons (Fsp3) is 0.588. The zero-order chi connectivity index (χ0) is 16.1. The summed E-state index contributed by atoms with van der Waals surface area (Å²) >= 11 is 0. The second kappa shape index (κ2) is 7.26. The number of carbonyl (C=O) groups excluding carboxylic acids is 1. The molecule has 1 saturated heterocycles. The zero-order valence-electron chi connectivity index (χ0n) is 13.5. The highest BCUT2D eigenvalue weighted by atomic mass is 16.1. The second-order valence-electron chi connectivity index (χ2n) is 6.32. The molecule has 1 atom stereocenters. The first-order valence-corrected chi connectivity index (χ1v) is 7.92. The largest absolute Gasteiger partial charge is 0.357 e. The normalized spacial score (nSPS) is 17.1. The third kappa shape index (κ3) is 3.97. The molecule has 1 aromatic rings. The van der Waals surface area contributed by atoms with Crippen molar-refractivity contribution >= 4 is 11.7 Å². The Morgan fingerprint density at radius 3 is 2.55 bits per heavy atom. The summed E-state index contributed by atoms with van der Waals surface area (Å²) in [4.78, 5) is 18.8. The van der Waals surface area contributed by atoms with Gasteiger partial charge in [-0.3, -0.25) is 4.79 Å². The van der Waals surface area contributed by atoms with Gasteiger partial charge < -0.3 is 10.2 Å². The first-order chi connectivity index (χ1) is 10.5. The average Bonchev–Trinajstić information content (AvgIpc) is 2.55. The van der Waals surface area contributed by atoms with Crippen LogP contribution in [0.2, 0.25) is 0 Å². The van der Waals surface area contributed by atoms with Gasteiger partial charge in [-0.05, 0) is 37.8 Å². The van der Waals surface area contributed by atoms with Gasteiger partial charge in [0.15, 0.2) is 0 Å². The van der Waals surface area contributed by atoms with Gasteiger partial charge in [-0.2, -0.15) is 5.26 Å². The van der Waals surface area contributed by atoms with Crippen LogP contribution in [0.5, 0.6) is 0 Å². The maximum atomic E-state index is 12.3. The molecule has 22 heavy (non-hydrogen) atoms. The summed E-state index contributed by atoms with van der Waals surface area (Å²) in [6.07, 6.45) is 3.29. The summed E-state index contributed by atoms with van der Waals surface area (Å²) in [7, 11) is 0. The van der Waals surface area contributed by atoms with Gasteiger partial charge >= 0.3 is 0 Å². The van der Waals surface area contributed by atoms with Crippen molar-refractivity contribution in [1.82, 2.24) is 10.3 Å². The molecule has 0 aromatic carbocycles. The van der Waals surface area contributed by atoms with Gasteiger partial charge in [-0.25, -0.2) is 4.98 Å². The maximum Gasteiger partial charge on any atom is 0.223 e. The van der Waals surface area contributed by atoms with Gasteiger partial charge in [-0.1, -0.05) is 13.8 Å². The molecule has 1 fully saturated rings. The number of piperidine rings is 1. The van der Waals surface area contributed by atoms with Gasteiger partial charge in [0.2, 0.25) is 5.91 Å². The predicted molar refractivity (Wildman–Crippen MR) is 86.3 cm³/mol. The van der Waals surface area contributed by atoms with E-state index in [4.69, 9.17) is 5.26 Å². The van der Waals surface area contributed by atoms with Crippen LogP contribution in [0.25, 0.3) is 0 Å². The number of nitriles is 1. The lowest BCUT2D eigenvalue weighted by molar-refractivity contribution is -0.126. The topological polar surface area (TPSA) is 69.0 Å². The molecule has 1 aliphatic rings. The highest BCUT2D eigenvalue weighted by Crippen LogP contribution is 2.22. The van der Waals surface area contributed by atoms with Crippen molar-refractivity contribution in [2.45, 2.75) is 39.7 Å². The molecule has 5 heteroatoms. The van der Waals surface area contributed by atoms with Gasteiger partial charge in [-0.15, -0.1) is 0 Å². The first kappa shape index (κ1) is 16.3. The molecule has 1 aliphatic heterocycles. The van der Waals surface area contributed by atoms with Crippen LogP contribution in [0, 0.1) is 23.2 Å². The third-order valence-electron chi connectivity index (χ3n) is 4.44. The number of pyridine rings is 1. The zero-order valence-corrected chi connectivity index (χ0v) is 13.5. The number of aromatic nitrogens is 1. The van der Waals surface area contributed by atoms with Crippen LogP contribution in [-0.2, 0) is 4.79 Å². The first-order valence-electron chi connectivity index (χ1n) is 7.92. The Kier molecular flexibility index (Phi) is 5.37. The number of rotatable bonds is 4. The molecule has 0 radical (unpaired) electrons. The Balaban J connectivity index is 1.87. The number of amides is 1. The Bertz CT molecular complexity index is 539. The van der Waals surface area contributed by atoms with Gasteiger partial charge in [0.1, 0.15) is 11.9 Å². The van der Waals surface area contributed by atoms with E-state index in [1.165, 1.54) is 0 Å². The van der Waals surface area contributed by atoms with Crippen molar-refractivity contribution in [3.05, 3.63) is 23.9 Å². The van der Waals surface area contributed by atoms with Crippen LogP contribution >= 0.6 is 0 Å². The summed E-state index contributed by atoms with van der Waals surface area (Å²) < 4.78 is 0. The fourth-order valence-corrected chi connectivity index (χ4v) is 2.52. The summed E-state index contributed by atoms with van der Waals surface area (Å²) in [5.74, 6) is 1.60. The monoisotopic (exact) mass is 300 g/mol. The number of hydrogen-bond acceptors (Lipinski definition) is 4. The molecule has 0 spiro atoms. The molecular formula is C17H24N4O. The Morgan fingerprint density at radius 2 is 2.05 bits per heavy atom. The Labute approximate surface area is 132 Å². The van der Waals surface area contributed by atoms with E-state index < -0.39 is 0 Å². The predicted octanol–water partition coefficient (Wildman–Crippen LogP) is 2.33. The van der Waals surface area contributed by atoms with Crippen LogP contribution in [0.1, 0.15) is 39.2 Å². The molecule has 1 amide bonds. The number of anilines is 1. The van der Waals surface area contributed by atoms with E-state index in [9.17, 15) is 4.79 Å². The van der Waals surface area contributed by atoms with Crippen molar-refractivity contribution in [3.8, 4) is 6.07 Å². The minimum Gasteiger partial charge on any atom is -0.357 e. The molecular weight excluding hydrogens is 276 g/mol. The fourth-order valence-electron chi connectivity index (χ4n) is 2.52.